The first-order valence-corrected chi connectivity index (χ1v) is 5.20. The third-order valence-electron chi connectivity index (χ3n) is 1.89. The molecule has 0 aliphatic heterocycles. The van der Waals surface area contributed by atoms with Crippen molar-refractivity contribution >= 4 is 16.3 Å². The smallest absolute Gasteiger partial charge is 0.268 e. The van der Waals surface area contributed by atoms with Crippen molar-refractivity contribution in [3.05, 3.63) is 40.6 Å². The second-order valence-corrected chi connectivity index (χ2v) is 3.87. The average molecular weight is 427 g/mol. The number of nitrogens with zero attached hydrogens (tertiary/aromatic N) is 2. The molecule has 91 valence electrons. The molecule has 0 amide bonds. The van der Waals surface area contributed by atoms with Gasteiger partial charge in [-0.3, -0.25) is 10.1 Å². The SMILES string of the molecule is COc1[c-]c(-c2ccccn2)sc1[N+](=O)[O-].[Ir]. The summed E-state index contributed by atoms with van der Waals surface area (Å²) in [7, 11) is 1.38. The summed E-state index contributed by atoms with van der Waals surface area (Å²) in [6.07, 6.45) is 1.63. The number of aromatic nitrogens is 1. The van der Waals surface area contributed by atoms with Crippen LogP contribution in [0.2, 0.25) is 0 Å². The second-order valence-electron chi connectivity index (χ2n) is 2.87. The molecule has 0 N–H and O–H groups in total. The summed E-state index contributed by atoms with van der Waals surface area (Å²) in [5.74, 6) is 0.149. The quantitative estimate of drug-likeness (QED) is 0.429. The van der Waals surface area contributed by atoms with Crippen molar-refractivity contribution in [1.82, 2.24) is 4.98 Å². The Labute approximate surface area is 115 Å². The number of ether oxygens (including phenoxy) is 1. The van der Waals surface area contributed by atoms with E-state index in [4.69, 9.17) is 4.74 Å². The van der Waals surface area contributed by atoms with E-state index in [1.54, 1.807) is 18.3 Å². The van der Waals surface area contributed by atoms with Gasteiger partial charge in [-0.15, -0.1) is 6.07 Å². The number of rotatable bonds is 3. The van der Waals surface area contributed by atoms with Crippen LogP contribution in [0.25, 0.3) is 10.6 Å². The van der Waals surface area contributed by atoms with Crippen LogP contribution in [0, 0.1) is 16.2 Å². The largest absolute Gasteiger partial charge is 0.515 e. The van der Waals surface area contributed by atoms with Gasteiger partial charge in [0.05, 0.1) is 12.9 Å². The zero-order valence-corrected chi connectivity index (χ0v) is 11.9. The molecule has 0 saturated heterocycles. The fraction of sp³-hybridized carbons (Fsp3) is 0.100. The van der Waals surface area contributed by atoms with Gasteiger partial charge in [0, 0.05) is 31.2 Å². The second kappa shape index (κ2) is 5.86. The molecule has 2 heterocycles. The molecule has 7 heteroatoms. The third-order valence-corrected chi connectivity index (χ3v) is 2.93. The van der Waals surface area contributed by atoms with E-state index in [0.717, 1.165) is 11.3 Å². The minimum absolute atomic E-state index is 0. The Kier molecular flexibility index (Phi) is 4.74. The van der Waals surface area contributed by atoms with E-state index in [-0.39, 0.29) is 30.9 Å². The van der Waals surface area contributed by atoms with Crippen LogP contribution in [0.1, 0.15) is 0 Å². The summed E-state index contributed by atoms with van der Waals surface area (Å²) in [6.45, 7) is 0. The van der Waals surface area contributed by atoms with Gasteiger partial charge < -0.3 is 9.72 Å². The number of methoxy groups -OCH3 is 1. The zero-order chi connectivity index (χ0) is 11.5. The number of nitro groups is 1. The van der Waals surface area contributed by atoms with Crippen LogP contribution < -0.4 is 4.74 Å². The molecular formula is C10H7IrN2O3S-. The van der Waals surface area contributed by atoms with Crippen LogP contribution in [0.3, 0.4) is 0 Å². The van der Waals surface area contributed by atoms with Gasteiger partial charge in [0.15, 0.2) is 0 Å². The first kappa shape index (κ1) is 13.8. The summed E-state index contributed by atoms with van der Waals surface area (Å²) >= 11 is 1.00. The maximum Gasteiger partial charge on any atom is 0.268 e. The predicted octanol–water partition coefficient (Wildman–Crippen LogP) is 2.52. The van der Waals surface area contributed by atoms with Gasteiger partial charge in [0.25, 0.3) is 5.00 Å². The van der Waals surface area contributed by atoms with E-state index in [2.05, 4.69) is 11.1 Å². The summed E-state index contributed by atoms with van der Waals surface area (Å²) in [4.78, 5) is 14.9. The molecule has 5 nitrogen and oxygen atoms in total. The van der Waals surface area contributed by atoms with E-state index in [9.17, 15) is 10.1 Å². The Morgan fingerprint density at radius 2 is 2.29 bits per heavy atom. The minimum Gasteiger partial charge on any atom is -0.515 e. The van der Waals surface area contributed by atoms with Crippen molar-refractivity contribution in [2.75, 3.05) is 7.11 Å². The normalized spacial score (nSPS) is 9.47. The number of thiophene rings is 1. The standard InChI is InChI=1S/C10H7N2O3S.Ir/c1-15-8-6-9(16-10(8)12(13)14)7-4-2-3-5-11-7;/h2-5H,1H3;/q-1;. The number of hydrogen-bond donors (Lipinski definition) is 0. The van der Waals surface area contributed by atoms with E-state index >= 15 is 0 Å². The van der Waals surface area contributed by atoms with Gasteiger partial charge in [-0.05, 0) is 11.8 Å². The fourth-order valence-corrected chi connectivity index (χ4v) is 2.06. The van der Waals surface area contributed by atoms with Crippen molar-refractivity contribution < 1.29 is 29.8 Å². The first-order chi connectivity index (χ1) is 7.72. The Balaban J connectivity index is 0.00000144. The Hall–Kier alpha value is -1.30. The molecule has 0 spiro atoms. The molecule has 0 saturated carbocycles. The van der Waals surface area contributed by atoms with Crippen LogP contribution in [0.4, 0.5) is 5.00 Å². The van der Waals surface area contributed by atoms with Crippen LogP contribution in [0.5, 0.6) is 5.75 Å². The molecule has 0 unspecified atom stereocenters. The Morgan fingerprint density at radius 3 is 2.76 bits per heavy atom. The molecule has 1 radical (unpaired) electrons. The zero-order valence-electron chi connectivity index (χ0n) is 8.67. The maximum atomic E-state index is 10.7. The molecule has 0 aliphatic carbocycles. The van der Waals surface area contributed by atoms with Gasteiger partial charge in [-0.1, -0.05) is 17.0 Å². The molecule has 0 aromatic carbocycles. The topological polar surface area (TPSA) is 65.3 Å². The van der Waals surface area contributed by atoms with Gasteiger partial charge in [-0.25, -0.2) is 0 Å². The Morgan fingerprint density at radius 1 is 1.53 bits per heavy atom. The summed E-state index contributed by atoms with van der Waals surface area (Å²) in [6, 6.07) is 8.18. The number of hydrogen-bond acceptors (Lipinski definition) is 5. The third kappa shape index (κ3) is 2.88. The molecule has 2 aromatic heterocycles. The van der Waals surface area contributed by atoms with Gasteiger partial charge in [0.2, 0.25) is 0 Å². The molecular weight excluding hydrogens is 420 g/mol. The minimum atomic E-state index is -0.480. The number of pyridine rings is 1. The molecule has 2 rings (SSSR count). The molecule has 0 atom stereocenters. The van der Waals surface area contributed by atoms with Crippen LogP contribution in [-0.2, 0) is 20.1 Å². The summed E-state index contributed by atoms with van der Waals surface area (Å²) in [5.41, 5.74) is 0.652. The van der Waals surface area contributed by atoms with E-state index in [1.165, 1.54) is 7.11 Å². The van der Waals surface area contributed by atoms with Gasteiger partial charge in [-0.2, -0.15) is 11.3 Å². The van der Waals surface area contributed by atoms with Gasteiger partial charge in [0.1, 0.15) is 0 Å². The van der Waals surface area contributed by atoms with Crippen molar-refractivity contribution in [3.63, 3.8) is 0 Å². The fourth-order valence-electron chi connectivity index (χ4n) is 1.20. The van der Waals surface area contributed by atoms with E-state index in [1.807, 2.05) is 6.07 Å². The van der Waals surface area contributed by atoms with Crippen molar-refractivity contribution in [2.45, 2.75) is 0 Å². The molecule has 17 heavy (non-hydrogen) atoms. The van der Waals surface area contributed by atoms with Crippen LogP contribution in [0.15, 0.2) is 24.4 Å². The summed E-state index contributed by atoms with van der Waals surface area (Å²) < 4.78 is 4.89. The van der Waals surface area contributed by atoms with E-state index in [0.29, 0.717) is 10.6 Å². The van der Waals surface area contributed by atoms with Crippen molar-refractivity contribution in [2.24, 2.45) is 0 Å². The summed E-state index contributed by atoms with van der Waals surface area (Å²) in [5, 5.41) is 10.7. The van der Waals surface area contributed by atoms with Crippen LogP contribution in [-0.4, -0.2) is 17.0 Å². The van der Waals surface area contributed by atoms with Crippen LogP contribution >= 0.6 is 11.3 Å². The predicted molar refractivity (Wildman–Crippen MR) is 59.6 cm³/mol. The Bertz CT molecular complexity index is 516. The van der Waals surface area contributed by atoms with Gasteiger partial charge >= 0.3 is 0 Å². The molecule has 0 aliphatic rings. The molecule has 2 aromatic rings. The average Bonchev–Trinajstić information content (AvgIpc) is 2.74. The van der Waals surface area contributed by atoms with E-state index < -0.39 is 4.92 Å². The first-order valence-electron chi connectivity index (χ1n) is 4.38. The molecule has 0 fully saturated rings. The monoisotopic (exact) mass is 428 g/mol. The van der Waals surface area contributed by atoms with Crippen molar-refractivity contribution in [3.8, 4) is 16.3 Å². The maximum absolute atomic E-state index is 10.7. The van der Waals surface area contributed by atoms with Crippen molar-refractivity contribution in [1.29, 1.82) is 0 Å². The molecule has 0 bridgehead atoms.